The van der Waals surface area contributed by atoms with Crippen molar-refractivity contribution in [3.05, 3.63) is 12.2 Å². The predicted octanol–water partition coefficient (Wildman–Crippen LogP) is 2.31. The van der Waals surface area contributed by atoms with Crippen molar-refractivity contribution in [3.63, 3.8) is 0 Å². The molecule has 0 bridgehead atoms. The van der Waals surface area contributed by atoms with Crippen LogP contribution in [0.5, 0.6) is 0 Å². The molecule has 0 radical (unpaired) electrons. The van der Waals surface area contributed by atoms with Crippen molar-refractivity contribution < 1.29 is 9.53 Å². The lowest BCUT2D eigenvalue weighted by molar-refractivity contribution is 0.0109. The molecule has 0 aromatic heterocycles. The fourth-order valence-corrected chi connectivity index (χ4v) is 2.66. The Morgan fingerprint density at radius 2 is 2.17 bits per heavy atom. The van der Waals surface area contributed by atoms with Gasteiger partial charge < -0.3 is 15.0 Å². The Morgan fingerprint density at radius 3 is 2.78 bits per heavy atom. The normalized spacial score (nSPS) is 28.5. The standard InChI is InChI=1S/C14H24N2O2/c1-13(2,3)18-12(17)16-10-6-8-14(11-16)7-4-5-9-15-14/h4-5,15H,6-11H2,1-3H3. The molecule has 0 aliphatic carbocycles. The second kappa shape index (κ2) is 4.92. The quantitative estimate of drug-likeness (QED) is 0.673. The predicted molar refractivity (Wildman–Crippen MR) is 71.5 cm³/mol. The van der Waals surface area contributed by atoms with E-state index in [4.69, 9.17) is 4.74 Å². The molecule has 18 heavy (non-hydrogen) atoms. The largest absolute Gasteiger partial charge is 0.444 e. The number of rotatable bonds is 0. The Hall–Kier alpha value is -1.03. The van der Waals surface area contributed by atoms with E-state index in [1.807, 2.05) is 25.7 Å². The molecule has 1 N–H and O–H groups in total. The first-order valence-corrected chi connectivity index (χ1v) is 6.78. The number of carbonyl (C=O) groups is 1. The highest BCUT2D eigenvalue weighted by atomic mass is 16.6. The number of nitrogens with one attached hydrogen (secondary N) is 1. The van der Waals surface area contributed by atoms with Crippen LogP contribution in [-0.4, -0.2) is 41.8 Å². The summed E-state index contributed by atoms with van der Waals surface area (Å²) in [6.45, 7) is 8.20. The second-order valence-corrected chi connectivity index (χ2v) is 6.34. The van der Waals surface area contributed by atoms with Crippen molar-refractivity contribution >= 4 is 6.09 Å². The van der Waals surface area contributed by atoms with Gasteiger partial charge in [0.2, 0.25) is 0 Å². The maximum absolute atomic E-state index is 12.1. The molecule has 0 aromatic carbocycles. The molecule has 1 atom stereocenters. The highest BCUT2D eigenvalue weighted by Crippen LogP contribution is 2.27. The third kappa shape index (κ3) is 3.25. The van der Waals surface area contributed by atoms with Gasteiger partial charge >= 0.3 is 6.09 Å². The van der Waals surface area contributed by atoms with Gasteiger partial charge in [-0.25, -0.2) is 4.79 Å². The summed E-state index contributed by atoms with van der Waals surface area (Å²) in [6, 6.07) is 0. The third-order valence-corrected chi connectivity index (χ3v) is 3.50. The Bertz CT molecular complexity index is 346. The average molecular weight is 252 g/mol. The zero-order chi connectivity index (χ0) is 13.2. The number of piperidine rings is 1. The van der Waals surface area contributed by atoms with E-state index in [0.29, 0.717) is 0 Å². The number of carbonyl (C=O) groups excluding carboxylic acids is 1. The Labute approximate surface area is 109 Å². The minimum atomic E-state index is -0.415. The highest BCUT2D eigenvalue weighted by Gasteiger charge is 2.37. The van der Waals surface area contributed by atoms with Gasteiger partial charge in [0.15, 0.2) is 0 Å². The number of hydrogen-bond acceptors (Lipinski definition) is 3. The molecular weight excluding hydrogens is 228 g/mol. The van der Waals surface area contributed by atoms with Crippen LogP contribution in [0.15, 0.2) is 12.2 Å². The molecule has 1 spiro atoms. The van der Waals surface area contributed by atoms with Gasteiger partial charge in [-0.2, -0.15) is 0 Å². The lowest BCUT2D eigenvalue weighted by Gasteiger charge is -2.44. The molecule has 0 saturated carbocycles. The van der Waals surface area contributed by atoms with Gasteiger partial charge in [0.25, 0.3) is 0 Å². The number of amides is 1. The molecule has 0 aromatic rings. The van der Waals surface area contributed by atoms with E-state index in [2.05, 4.69) is 17.5 Å². The molecular formula is C14H24N2O2. The maximum Gasteiger partial charge on any atom is 0.410 e. The van der Waals surface area contributed by atoms with Crippen LogP contribution in [0.4, 0.5) is 4.79 Å². The molecule has 2 aliphatic rings. The molecule has 2 aliphatic heterocycles. The Kier molecular flexibility index (Phi) is 3.66. The van der Waals surface area contributed by atoms with Gasteiger partial charge in [-0.05, 0) is 40.0 Å². The van der Waals surface area contributed by atoms with E-state index in [0.717, 1.165) is 38.9 Å². The van der Waals surface area contributed by atoms with Crippen LogP contribution < -0.4 is 5.32 Å². The van der Waals surface area contributed by atoms with Crippen molar-refractivity contribution in [2.75, 3.05) is 19.6 Å². The highest BCUT2D eigenvalue weighted by molar-refractivity contribution is 5.68. The van der Waals surface area contributed by atoms with Gasteiger partial charge in [-0.1, -0.05) is 12.2 Å². The summed E-state index contributed by atoms with van der Waals surface area (Å²) in [5.74, 6) is 0. The molecule has 2 heterocycles. The van der Waals surface area contributed by atoms with Crippen molar-refractivity contribution in [2.24, 2.45) is 0 Å². The van der Waals surface area contributed by atoms with Crippen LogP contribution in [0.3, 0.4) is 0 Å². The summed E-state index contributed by atoms with van der Waals surface area (Å²) in [7, 11) is 0. The zero-order valence-corrected chi connectivity index (χ0v) is 11.7. The van der Waals surface area contributed by atoms with Gasteiger partial charge in [0.1, 0.15) is 5.60 Å². The number of ether oxygens (including phenoxy) is 1. The van der Waals surface area contributed by atoms with Gasteiger partial charge in [-0.3, -0.25) is 0 Å². The summed E-state index contributed by atoms with van der Waals surface area (Å²) in [5.41, 5.74) is -0.342. The first-order valence-electron chi connectivity index (χ1n) is 6.78. The fraction of sp³-hybridized carbons (Fsp3) is 0.786. The van der Waals surface area contributed by atoms with Crippen LogP contribution >= 0.6 is 0 Å². The zero-order valence-electron chi connectivity index (χ0n) is 11.7. The van der Waals surface area contributed by atoms with Crippen LogP contribution in [-0.2, 0) is 4.74 Å². The van der Waals surface area contributed by atoms with Crippen molar-refractivity contribution in [1.29, 1.82) is 0 Å². The number of likely N-dealkylation sites (tertiary alicyclic amines) is 1. The average Bonchev–Trinajstić information content (AvgIpc) is 2.28. The summed E-state index contributed by atoms with van der Waals surface area (Å²) in [5, 5.41) is 3.55. The SMILES string of the molecule is CC(C)(C)OC(=O)N1CCCC2(CC=CCN2)C1. The van der Waals surface area contributed by atoms with E-state index in [1.54, 1.807) is 0 Å². The molecule has 4 nitrogen and oxygen atoms in total. The molecule has 1 saturated heterocycles. The van der Waals surface area contributed by atoms with Gasteiger partial charge in [0, 0.05) is 25.2 Å². The molecule has 1 amide bonds. The molecule has 1 fully saturated rings. The fourth-order valence-electron chi connectivity index (χ4n) is 2.66. The Morgan fingerprint density at radius 1 is 1.39 bits per heavy atom. The smallest absolute Gasteiger partial charge is 0.410 e. The Balaban J connectivity index is 1.98. The second-order valence-electron chi connectivity index (χ2n) is 6.34. The van der Waals surface area contributed by atoms with Crippen molar-refractivity contribution in [2.45, 2.75) is 51.2 Å². The van der Waals surface area contributed by atoms with Crippen LogP contribution in [0.2, 0.25) is 0 Å². The van der Waals surface area contributed by atoms with E-state index in [-0.39, 0.29) is 11.6 Å². The van der Waals surface area contributed by atoms with Crippen molar-refractivity contribution in [1.82, 2.24) is 10.2 Å². The molecule has 102 valence electrons. The van der Waals surface area contributed by atoms with E-state index < -0.39 is 5.60 Å². The molecule has 1 unspecified atom stereocenters. The lowest BCUT2D eigenvalue weighted by atomic mass is 9.84. The summed E-state index contributed by atoms with van der Waals surface area (Å²) in [6.07, 6.45) is 7.37. The first-order chi connectivity index (χ1) is 8.40. The topological polar surface area (TPSA) is 41.6 Å². The van der Waals surface area contributed by atoms with Crippen LogP contribution in [0.25, 0.3) is 0 Å². The summed E-state index contributed by atoms with van der Waals surface area (Å²) < 4.78 is 5.45. The van der Waals surface area contributed by atoms with Gasteiger partial charge in [-0.15, -0.1) is 0 Å². The molecule has 2 rings (SSSR count). The summed E-state index contributed by atoms with van der Waals surface area (Å²) >= 11 is 0. The van der Waals surface area contributed by atoms with Crippen molar-refractivity contribution in [3.8, 4) is 0 Å². The van der Waals surface area contributed by atoms with E-state index >= 15 is 0 Å². The number of hydrogen-bond donors (Lipinski definition) is 1. The van der Waals surface area contributed by atoms with E-state index in [9.17, 15) is 4.79 Å². The lowest BCUT2D eigenvalue weighted by Crippen LogP contribution is -2.59. The molecule has 4 heteroatoms. The monoisotopic (exact) mass is 252 g/mol. The summed E-state index contributed by atoms with van der Waals surface area (Å²) in [4.78, 5) is 13.9. The number of nitrogens with zero attached hydrogens (tertiary/aromatic N) is 1. The van der Waals surface area contributed by atoms with Crippen LogP contribution in [0, 0.1) is 0 Å². The minimum absolute atomic E-state index is 0.0733. The van der Waals surface area contributed by atoms with Crippen LogP contribution in [0.1, 0.15) is 40.0 Å². The minimum Gasteiger partial charge on any atom is -0.444 e. The maximum atomic E-state index is 12.1. The van der Waals surface area contributed by atoms with Gasteiger partial charge in [0.05, 0.1) is 0 Å². The third-order valence-electron chi connectivity index (χ3n) is 3.50. The van der Waals surface area contributed by atoms with E-state index in [1.165, 1.54) is 0 Å². The first kappa shape index (κ1) is 13.4.